The number of hydrogen-bond acceptors (Lipinski definition) is 6. The highest BCUT2D eigenvalue weighted by atomic mass is 32.1. The van der Waals surface area contributed by atoms with Crippen LogP contribution in [0.4, 0.5) is 9.93 Å². The van der Waals surface area contributed by atoms with E-state index in [9.17, 15) is 14.4 Å². The molecule has 9 heteroatoms. The molecule has 1 aromatic rings. The fraction of sp³-hybridized carbons (Fsp3) is 0.714. The molecule has 8 nitrogen and oxygen atoms in total. The number of carbonyl (C=O) groups excluding carboxylic acids is 3. The number of thiazole rings is 1. The van der Waals surface area contributed by atoms with Crippen molar-refractivity contribution in [1.82, 2.24) is 14.8 Å². The van der Waals surface area contributed by atoms with Crippen LogP contribution in [0.15, 0.2) is 0 Å². The summed E-state index contributed by atoms with van der Waals surface area (Å²) in [5, 5.41) is 3.53. The number of likely N-dealkylation sites (tertiary alicyclic amines) is 1. The number of anilines is 1. The maximum absolute atomic E-state index is 12.7. The fourth-order valence-corrected chi connectivity index (χ4v) is 4.73. The highest BCUT2D eigenvalue weighted by Gasteiger charge is 2.30. The molecule has 0 aliphatic carbocycles. The summed E-state index contributed by atoms with van der Waals surface area (Å²) < 4.78 is 5.46. The van der Waals surface area contributed by atoms with Gasteiger partial charge in [0.1, 0.15) is 5.60 Å². The molecule has 1 saturated heterocycles. The molecule has 2 aliphatic rings. The lowest BCUT2D eigenvalue weighted by Crippen LogP contribution is -2.41. The average Bonchev–Trinajstić information content (AvgIpc) is 3.08. The second-order valence-corrected chi connectivity index (χ2v) is 10.0. The number of ether oxygens (including phenoxy) is 1. The van der Waals surface area contributed by atoms with Crippen molar-refractivity contribution in [1.29, 1.82) is 0 Å². The first-order valence-corrected chi connectivity index (χ1v) is 11.5. The van der Waals surface area contributed by atoms with Gasteiger partial charge in [-0.05, 0) is 40.0 Å². The van der Waals surface area contributed by atoms with Gasteiger partial charge >= 0.3 is 6.09 Å². The van der Waals surface area contributed by atoms with E-state index in [4.69, 9.17) is 4.74 Å². The molecule has 0 radical (unpaired) electrons. The first-order valence-electron chi connectivity index (χ1n) is 10.7. The van der Waals surface area contributed by atoms with Crippen LogP contribution >= 0.6 is 11.3 Å². The zero-order valence-corrected chi connectivity index (χ0v) is 19.1. The number of nitrogens with zero attached hydrogens (tertiary/aromatic N) is 3. The first-order chi connectivity index (χ1) is 14.2. The normalized spacial score (nSPS) is 17.5. The molecule has 2 aliphatic heterocycles. The van der Waals surface area contributed by atoms with Crippen molar-refractivity contribution in [2.24, 2.45) is 5.92 Å². The quantitative estimate of drug-likeness (QED) is 0.781. The zero-order chi connectivity index (χ0) is 21.9. The van der Waals surface area contributed by atoms with Crippen molar-refractivity contribution in [2.75, 3.05) is 25.0 Å². The van der Waals surface area contributed by atoms with Crippen molar-refractivity contribution in [3.05, 3.63) is 10.6 Å². The van der Waals surface area contributed by atoms with Gasteiger partial charge in [-0.3, -0.25) is 9.59 Å². The molecule has 166 valence electrons. The third-order valence-corrected chi connectivity index (χ3v) is 6.29. The molecule has 0 atom stereocenters. The maximum Gasteiger partial charge on any atom is 0.410 e. The first kappa shape index (κ1) is 22.5. The molecule has 0 spiro atoms. The van der Waals surface area contributed by atoms with Gasteiger partial charge in [0.25, 0.3) is 0 Å². The Hall–Kier alpha value is -2.16. The summed E-state index contributed by atoms with van der Waals surface area (Å²) in [4.78, 5) is 46.1. The van der Waals surface area contributed by atoms with Gasteiger partial charge < -0.3 is 19.9 Å². The third-order valence-electron chi connectivity index (χ3n) is 5.30. The molecule has 0 aromatic carbocycles. The Morgan fingerprint density at radius 2 is 1.87 bits per heavy atom. The van der Waals surface area contributed by atoms with Crippen LogP contribution in [0, 0.1) is 5.92 Å². The van der Waals surface area contributed by atoms with Gasteiger partial charge in [-0.15, -0.1) is 0 Å². The molecule has 0 bridgehead atoms. The van der Waals surface area contributed by atoms with Crippen molar-refractivity contribution in [3.8, 4) is 0 Å². The van der Waals surface area contributed by atoms with E-state index in [1.54, 1.807) is 4.90 Å². The fourth-order valence-electron chi connectivity index (χ4n) is 3.70. The summed E-state index contributed by atoms with van der Waals surface area (Å²) in [5.74, 6) is 0.0426. The number of nitrogens with one attached hydrogen (secondary N) is 1. The van der Waals surface area contributed by atoms with Gasteiger partial charge in [0.2, 0.25) is 11.8 Å². The Morgan fingerprint density at radius 3 is 2.50 bits per heavy atom. The molecule has 3 rings (SSSR count). The highest BCUT2D eigenvalue weighted by Crippen LogP contribution is 2.30. The van der Waals surface area contributed by atoms with Gasteiger partial charge in [-0.25, -0.2) is 9.78 Å². The van der Waals surface area contributed by atoms with Crippen molar-refractivity contribution in [3.63, 3.8) is 0 Å². The zero-order valence-electron chi connectivity index (χ0n) is 18.3. The summed E-state index contributed by atoms with van der Waals surface area (Å²) in [6.45, 7) is 9.84. The van der Waals surface area contributed by atoms with E-state index >= 15 is 0 Å². The van der Waals surface area contributed by atoms with E-state index in [2.05, 4.69) is 10.3 Å². The van der Waals surface area contributed by atoms with Crippen molar-refractivity contribution >= 4 is 34.4 Å². The molecule has 3 heterocycles. The van der Waals surface area contributed by atoms with Crippen LogP contribution in [-0.2, 0) is 27.3 Å². The number of hydrogen-bond donors (Lipinski definition) is 1. The van der Waals surface area contributed by atoms with E-state index in [1.807, 2.05) is 32.6 Å². The molecular weight excluding hydrogens is 404 g/mol. The predicted molar refractivity (Wildman–Crippen MR) is 115 cm³/mol. The Bertz CT molecular complexity index is 793. The molecule has 1 fully saturated rings. The minimum absolute atomic E-state index is 0.0346. The number of amides is 3. The standard InChI is InChI=1S/C21H32N4O4S/c1-5-6-17(26)24-10-7-14(8-11-24)18(27)23-19-22-15-9-12-25(13-16(15)30-19)20(28)29-21(2,3)4/h14H,5-13H2,1-4H3,(H,22,23,27). The maximum atomic E-state index is 12.7. The highest BCUT2D eigenvalue weighted by molar-refractivity contribution is 7.15. The Kier molecular flexibility index (Phi) is 7.00. The van der Waals surface area contributed by atoms with Crippen LogP contribution in [-0.4, -0.2) is 57.9 Å². The molecule has 0 unspecified atom stereocenters. The van der Waals surface area contributed by atoms with Crippen LogP contribution < -0.4 is 5.32 Å². The topological polar surface area (TPSA) is 91.8 Å². The number of rotatable bonds is 4. The number of aromatic nitrogens is 1. The second kappa shape index (κ2) is 9.32. The van der Waals surface area contributed by atoms with Crippen LogP contribution in [0.5, 0.6) is 0 Å². The van der Waals surface area contributed by atoms with E-state index in [0.29, 0.717) is 57.0 Å². The summed E-state index contributed by atoms with van der Waals surface area (Å²) in [6, 6.07) is 0. The molecule has 1 N–H and O–H groups in total. The van der Waals surface area contributed by atoms with Crippen LogP contribution in [0.2, 0.25) is 0 Å². The van der Waals surface area contributed by atoms with Crippen molar-refractivity contribution < 1.29 is 19.1 Å². The summed E-state index contributed by atoms with van der Waals surface area (Å²) in [5.41, 5.74) is 0.413. The van der Waals surface area contributed by atoms with Gasteiger partial charge in [-0.1, -0.05) is 18.3 Å². The van der Waals surface area contributed by atoms with Gasteiger partial charge in [0, 0.05) is 43.3 Å². The van der Waals surface area contributed by atoms with E-state index < -0.39 is 5.60 Å². The molecule has 1 aromatic heterocycles. The van der Waals surface area contributed by atoms with Gasteiger partial charge in [0.05, 0.1) is 12.2 Å². The predicted octanol–water partition coefficient (Wildman–Crippen LogP) is 3.41. The second-order valence-electron chi connectivity index (χ2n) is 8.94. The molecular formula is C21H32N4O4S. The Morgan fingerprint density at radius 1 is 1.17 bits per heavy atom. The van der Waals surface area contributed by atoms with E-state index in [1.165, 1.54) is 11.3 Å². The molecule has 30 heavy (non-hydrogen) atoms. The average molecular weight is 437 g/mol. The lowest BCUT2D eigenvalue weighted by Gasteiger charge is -2.31. The molecule has 3 amide bonds. The van der Waals surface area contributed by atoms with Gasteiger partial charge in [-0.2, -0.15) is 0 Å². The molecule has 0 saturated carbocycles. The Labute approximate surface area is 182 Å². The number of piperidine rings is 1. The SMILES string of the molecule is CCCC(=O)N1CCC(C(=O)Nc2nc3c(s2)CN(C(=O)OC(C)(C)C)CC3)CC1. The smallest absolute Gasteiger partial charge is 0.410 e. The lowest BCUT2D eigenvalue weighted by atomic mass is 9.96. The Balaban J connectivity index is 1.53. The summed E-state index contributed by atoms with van der Waals surface area (Å²) in [6.07, 6.45) is 3.11. The van der Waals surface area contributed by atoms with Gasteiger partial charge in [0.15, 0.2) is 5.13 Å². The van der Waals surface area contributed by atoms with Crippen LogP contribution in [0.1, 0.15) is 63.9 Å². The van der Waals surface area contributed by atoms with Crippen molar-refractivity contribution in [2.45, 2.75) is 71.9 Å². The third kappa shape index (κ3) is 5.71. The largest absolute Gasteiger partial charge is 0.444 e. The number of fused-ring (bicyclic) bond motifs is 1. The minimum atomic E-state index is -0.527. The van der Waals surface area contributed by atoms with Crippen LogP contribution in [0.25, 0.3) is 0 Å². The van der Waals surface area contributed by atoms with E-state index in [-0.39, 0.29) is 23.8 Å². The lowest BCUT2D eigenvalue weighted by molar-refractivity contribution is -0.134. The number of carbonyl (C=O) groups is 3. The minimum Gasteiger partial charge on any atom is -0.444 e. The van der Waals surface area contributed by atoms with Crippen LogP contribution in [0.3, 0.4) is 0 Å². The summed E-state index contributed by atoms with van der Waals surface area (Å²) >= 11 is 1.42. The monoisotopic (exact) mass is 436 g/mol. The summed E-state index contributed by atoms with van der Waals surface area (Å²) in [7, 11) is 0. The van der Waals surface area contributed by atoms with E-state index in [0.717, 1.165) is 17.0 Å².